The summed E-state index contributed by atoms with van der Waals surface area (Å²) >= 11 is 6.88. The number of halogens is 2. The zero-order chi connectivity index (χ0) is 22.7. The molecule has 2 aromatic heterocycles. The number of hydrogen-bond donors (Lipinski definition) is 3. The number of nitrogens with two attached hydrogens (primary N) is 1. The van der Waals surface area contributed by atoms with Gasteiger partial charge in [-0.05, 0) is 38.3 Å². The van der Waals surface area contributed by atoms with Crippen molar-refractivity contribution in [2.75, 3.05) is 17.6 Å². The van der Waals surface area contributed by atoms with Crippen LogP contribution in [0.15, 0.2) is 37.1 Å². The fourth-order valence-electron chi connectivity index (χ4n) is 5.29. The summed E-state index contributed by atoms with van der Waals surface area (Å²) in [4.78, 5) is 20.5. The average Bonchev–Trinajstić information content (AvgIpc) is 3.44. The van der Waals surface area contributed by atoms with E-state index in [1.54, 1.807) is 12.5 Å². The second-order valence-electron chi connectivity index (χ2n) is 8.93. The van der Waals surface area contributed by atoms with Gasteiger partial charge in [-0.2, -0.15) is 0 Å². The van der Waals surface area contributed by atoms with Crippen LogP contribution in [0.4, 0.5) is 15.9 Å². The zero-order valence-electron chi connectivity index (χ0n) is 17.5. The Hall–Kier alpha value is -2.97. The van der Waals surface area contributed by atoms with E-state index in [1.807, 2.05) is 10.8 Å². The second kappa shape index (κ2) is 7.28. The van der Waals surface area contributed by atoms with Crippen molar-refractivity contribution in [3.8, 4) is 11.1 Å². The number of hydrogen-bond acceptors (Lipinski definition) is 6. The van der Waals surface area contributed by atoms with Crippen LogP contribution in [-0.2, 0) is 12.0 Å². The van der Waals surface area contributed by atoms with Crippen LogP contribution in [0.3, 0.4) is 0 Å². The molecular weight excluding hydrogens is 433 g/mol. The summed E-state index contributed by atoms with van der Waals surface area (Å²) in [5.74, 6) is -0.511. The van der Waals surface area contributed by atoms with Gasteiger partial charge in [-0.3, -0.25) is 4.79 Å². The average molecular weight is 456 g/mol. The minimum atomic E-state index is -0.919. The van der Waals surface area contributed by atoms with Crippen molar-refractivity contribution >= 4 is 28.9 Å². The molecule has 7 nitrogen and oxygen atoms in total. The van der Waals surface area contributed by atoms with Crippen molar-refractivity contribution in [2.45, 2.75) is 43.7 Å². The summed E-state index contributed by atoms with van der Waals surface area (Å²) in [7, 11) is 0. The summed E-state index contributed by atoms with van der Waals surface area (Å²) in [6, 6.07) is 3.03. The molecule has 3 aromatic rings. The Morgan fingerprint density at radius 1 is 1.38 bits per heavy atom. The molecule has 3 heterocycles. The summed E-state index contributed by atoms with van der Waals surface area (Å²) in [5.41, 5.74) is 5.79. The van der Waals surface area contributed by atoms with Gasteiger partial charge in [-0.15, -0.1) is 0 Å². The predicted molar refractivity (Wildman–Crippen MR) is 120 cm³/mol. The van der Waals surface area contributed by atoms with Crippen LogP contribution in [0, 0.1) is 5.82 Å². The fourth-order valence-corrected chi connectivity index (χ4v) is 5.73. The minimum Gasteiger partial charge on any atom is -0.398 e. The van der Waals surface area contributed by atoms with Crippen molar-refractivity contribution < 1.29 is 14.3 Å². The Bertz CT molecular complexity index is 1230. The van der Waals surface area contributed by atoms with Gasteiger partial charge in [0.15, 0.2) is 5.78 Å². The Labute approximate surface area is 189 Å². The number of benzene rings is 1. The van der Waals surface area contributed by atoms with Crippen molar-refractivity contribution in [3.05, 3.63) is 59.0 Å². The van der Waals surface area contributed by atoms with E-state index >= 15 is 4.39 Å². The highest BCUT2D eigenvalue weighted by atomic mass is 35.5. The number of carbonyl (C=O) groups excluding carboxylic acids is 1. The number of aromatic nitrogens is 3. The largest absolute Gasteiger partial charge is 0.398 e. The number of nitrogen functional groups attached to an aromatic ring is 1. The number of Topliss-reactive ketones (excluding diaryl/α,β-unsaturated/α-hetero) is 1. The van der Waals surface area contributed by atoms with Gasteiger partial charge >= 0.3 is 0 Å². The molecule has 9 heteroatoms. The first-order valence-electron chi connectivity index (χ1n) is 10.4. The van der Waals surface area contributed by atoms with Crippen LogP contribution < -0.4 is 11.1 Å². The van der Waals surface area contributed by atoms with E-state index in [9.17, 15) is 9.90 Å². The molecule has 0 saturated heterocycles. The molecule has 2 aliphatic rings. The number of fused-ring (bicyclic) bond motifs is 2. The Balaban J connectivity index is 1.57. The molecule has 1 aromatic carbocycles. The standard InChI is InChI=1S/C23H23ClFN5O2/c1-13(31)17-16(26)3-2-14(20(17)25)15-8-28-21-18(19(15)24)22(10-29-21)4-5-23(32,9-22)11-30-7-6-27-12-30/h2-3,6-8,12,32H,4-5,9-11,26H2,1H3,(H,28,29). The number of aliphatic hydroxyl groups is 1. The number of nitrogens with zero attached hydrogens (tertiary/aromatic N) is 3. The lowest BCUT2D eigenvalue weighted by Gasteiger charge is -2.28. The summed E-state index contributed by atoms with van der Waals surface area (Å²) in [6.07, 6.45) is 8.51. The quantitative estimate of drug-likeness (QED) is 0.408. The molecule has 1 fully saturated rings. The van der Waals surface area contributed by atoms with E-state index in [0.29, 0.717) is 48.8 Å². The van der Waals surface area contributed by atoms with Gasteiger partial charge in [0, 0.05) is 52.9 Å². The topological polar surface area (TPSA) is 106 Å². The summed E-state index contributed by atoms with van der Waals surface area (Å²) in [5, 5.41) is 15.0. The number of ketones is 1. The Morgan fingerprint density at radius 3 is 2.91 bits per heavy atom. The molecule has 4 N–H and O–H groups in total. The third-order valence-corrected chi connectivity index (χ3v) is 7.12. The van der Waals surface area contributed by atoms with E-state index < -0.39 is 22.6 Å². The second-order valence-corrected chi connectivity index (χ2v) is 9.30. The highest BCUT2D eigenvalue weighted by Crippen LogP contribution is 2.55. The molecule has 2 atom stereocenters. The maximum absolute atomic E-state index is 15.3. The highest BCUT2D eigenvalue weighted by molar-refractivity contribution is 6.34. The SMILES string of the molecule is CC(=O)c1c(N)ccc(-c2cnc3c(c2Cl)C2(CCC(O)(Cn4ccnc4)C2)CN3)c1F. The molecule has 2 unspecified atom stereocenters. The lowest BCUT2D eigenvalue weighted by Crippen LogP contribution is -2.35. The van der Waals surface area contributed by atoms with Crippen LogP contribution >= 0.6 is 11.6 Å². The van der Waals surface area contributed by atoms with Gasteiger partial charge in [0.1, 0.15) is 11.6 Å². The monoisotopic (exact) mass is 455 g/mol. The molecule has 0 radical (unpaired) electrons. The van der Waals surface area contributed by atoms with Crippen LogP contribution in [0.5, 0.6) is 0 Å². The normalized spacial score (nSPS) is 24.0. The molecule has 0 bridgehead atoms. The number of rotatable bonds is 4. The van der Waals surface area contributed by atoms with Crippen LogP contribution in [0.2, 0.25) is 5.02 Å². The third kappa shape index (κ3) is 3.17. The molecule has 1 spiro atoms. The number of carbonyl (C=O) groups is 1. The highest BCUT2D eigenvalue weighted by Gasteiger charge is 2.53. The van der Waals surface area contributed by atoms with Gasteiger partial charge < -0.3 is 20.7 Å². The van der Waals surface area contributed by atoms with Crippen LogP contribution in [0.1, 0.15) is 42.1 Å². The molecule has 0 amide bonds. The lowest BCUT2D eigenvalue weighted by molar-refractivity contribution is 0.0244. The van der Waals surface area contributed by atoms with Gasteiger partial charge in [-0.1, -0.05) is 11.6 Å². The van der Waals surface area contributed by atoms with E-state index in [1.165, 1.54) is 25.3 Å². The number of anilines is 2. The van der Waals surface area contributed by atoms with Crippen LogP contribution in [0.25, 0.3) is 11.1 Å². The minimum absolute atomic E-state index is 0.0856. The molecule has 32 heavy (non-hydrogen) atoms. The fraction of sp³-hybridized carbons (Fsp3) is 0.348. The first-order valence-corrected chi connectivity index (χ1v) is 10.8. The van der Waals surface area contributed by atoms with Crippen LogP contribution in [-0.4, -0.2) is 37.6 Å². The predicted octanol–water partition coefficient (Wildman–Crippen LogP) is 3.80. The number of pyridine rings is 1. The Morgan fingerprint density at radius 2 is 2.19 bits per heavy atom. The maximum atomic E-state index is 15.3. The van der Waals surface area contributed by atoms with Crippen molar-refractivity contribution in [3.63, 3.8) is 0 Å². The molecule has 1 aliphatic carbocycles. The smallest absolute Gasteiger partial charge is 0.164 e. The van der Waals surface area contributed by atoms with E-state index in [2.05, 4.69) is 15.3 Å². The van der Waals surface area contributed by atoms with Gasteiger partial charge in [-0.25, -0.2) is 14.4 Å². The van der Waals surface area contributed by atoms with E-state index in [0.717, 1.165) is 5.56 Å². The maximum Gasteiger partial charge on any atom is 0.164 e. The Kier molecular flexibility index (Phi) is 4.76. The van der Waals surface area contributed by atoms with Crippen molar-refractivity contribution in [1.29, 1.82) is 0 Å². The number of imidazole rings is 1. The number of nitrogens with one attached hydrogen (secondary N) is 1. The van der Waals surface area contributed by atoms with Crippen molar-refractivity contribution in [2.24, 2.45) is 0 Å². The third-order valence-electron chi connectivity index (χ3n) is 6.73. The molecule has 1 aliphatic heterocycles. The zero-order valence-corrected chi connectivity index (χ0v) is 18.3. The van der Waals surface area contributed by atoms with Crippen molar-refractivity contribution in [1.82, 2.24) is 14.5 Å². The van der Waals surface area contributed by atoms with Gasteiger partial charge in [0.25, 0.3) is 0 Å². The summed E-state index contributed by atoms with van der Waals surface area (Å²) < 4.78 is 17.1. The molecule has 5 rings (SSSR count). The van der Waals surface area contributed by atoms with E-state index in [-0.39, 0.29) is 16.8 Å². The van der Waals surface area contributed by atoms with E-state index in [4.69, 9.17) is 17.3 Å². The first kappa shape index (κ1) is 20.9. The molecule has 1 saturated carbocycles. The molecular formula is C23H23ClFN5O2. The van der Waals surface area contributed by atoms with Gasteiger partial charge in [0.2, 0.25) is 0 Å². The first-order chi connectivity index (χ1) is 15.2. The summed E-state index contributed by atoms with van der Waals surface area (Å²) in [6.45, 7) is 2.30. The van der Waals surface area contributed by atoms with Gasteiger partial charge in [0.05, 0.1) is 29.1 Å². The molecule has 166 valence electrons. The lowest BCUT2D eigenvalue weighted by atomic mass is 9.79.